The first-order valence-corrected chi connectivity index (χ1v) is 12.6. The van der Waals surface area contributed by atoms with Crippen LogP contribution in [0.2, 0.25) is 0 Å². The van der Waals surface area contributed by atoms with Crippen molar-refractivity contribution in [3.05, 3.63) is 111 Å². The maximum atomic E-state index is 13.6. The van der Waals surface area contributed by atoms with Gasteiger partial charge in [-0.1, -0.05) is 60.2 Å². The topological polar surface area (TPSA) is 90.3 Å². The summed E-state index contributed by atoms with van der Waals surface area (Å²) in [6.07, 6.45) is 0. The smallest absolute Gasteiger partial charge is 0.359 e. The van der Waals surface area contributed by atoms with Gasteiger partial charge in [0.05, 0.1) is 17.7 Å². The van der Waals surface area contributed by atoms with E-state index < -0.39 is 11.5 Å². The molecule has 0 aliphatic carbocycles. The molecule has 1 amide bonds. The Kier molecular flexibility index (Phi) is 6.66. The minimum atomic E-state index is -0.638. The van der Waals surface area contributed by atoms with E-state index in [2.05, 4.69) is 10.4 Å². The number of ether oxygens (including phenoxy) is 1. The second kappa shape index (κ2) is 10.2. The van der Waals surface area contributed by atoms with Crippen molar-refractivity contribution in [1.82, 2.24) is 9.78 Å². The van der Waals surface area contributed by atoms with E-state index in [0.717, 1.165) is 28.0 Å². The largest absolute Gasteiger partial charge is 0.461 e. The maximum Gasteiger partial charge on any atom is 0.359 e. The monoisotopic (exact) mass is 509 g/mol. The van der Waals surface area contributed by atoms with Gasteiger partial charge in [0.1, 0.15) is 5.00 Å². The zero-order valence-corrected chi connectivity index (χ0v) is 21.0. The van der Waals surface area contributed by atoms with Crippen molar-refractivity contribution in [3.63, 3.8) is 0 Å². The van der Waals surface area contributed by atoms with Crippen LogP contribution in [0.4, 0.5) is 5.00 Å². The summed E-state index contributed by atoms with van der Waals surface area (Å²) in [5.41, 5.74) is 3.58. The Bertz CT molecular complexity index is 1650. The molecule has 184 valence electrons. The molecule has 5 rings (SSSR count). The summed E-state index contributed by atoms with van der Waals surface area (Å²) >= 11 is 1.16. The Morgan fingerprint density at radius 2 is 1.62 bits per heavy atom. The van der Waals surface area contributed by atoms with Crippen LogP contribution in [-0.4, -0.2) is 28.3 Å². The molecule has 7 nitrogen and oxygen atoms in total. The zero-order chi connectivity index (χ0) is 25.9. The van der Waals surface area contributed by atoms with Crippen molar-refractivity contribution in [1.29, 1.82) is 0 Å². The van der Waals surface area contributed by atoms with Crippen LogP contribution in [-0.2, 0) is 4.74 Å². The summed E-state index contributed by atoms with van der Waals surface area (Å²) in [5.74, 6) is -1.00. The third-order valence-corrected chi connectivity index (χ3v) is 6.78. The molecule has 0 unspecified atom stereocenters. The molecule has 2 heterocycles. The Hall–Kier alpha value is -4.56. The second-order valence-electron chi connectivity index (χ2n) is 8.37. The van der Waals surface area contributed by atoms with Crippen molar-refractivity contribution in [2.75, 3.05) is 11.9 Å². The van der Waals surface area contributed by atoms with Gasteiger partial charge in [-0.2, -0.15) is 9.78 Å². The Balaban J connectivity index is 1.54. The number of anilines is 1. The van der Waals surface area contributed by atoms with Gasteiger partial charge < -0.3 is 10.1 Å². The molecule has 8 heteroatoms. The summed E-state index contributed by atoms with van der Waals surface area (Å²) < 4.78 is 6.37. The predicted octanol–water partition coefficient (Wildman–Crippen LogP) is 5.85. The first-order chi connectivity index (χ1) is 18.0. The normalized spacial score (nSPS) is 10.9. The van der Waals surface area contributed by atoms with Crippen LogP contribution in [0.25, 0.3) is 27.6 Å². The van der Waals surface area contributed by atoms with E-state index in [0.29, 0.717) is 21.6 Å². The molecule has 5 aromatic rings. The Labute approximate surface area is 217 Å². The lowest BCUT2D eigenvalue weighted by Gasteiger charge is -2.10. The highest BCUT2D eigenvalue weighted by Gasteiger charge is 2.23. The fourth-order valence-corrected chi connectivity index (χ4v) is 4.90. The molecule has 0 bridgehead atoms. The van der Waals surface area contributed by atoms with Gasteiger partial charge in [0, 0.05) is 16.3 Å². The van der Waals surface area contributed by atoms with Crippen molar-refractivity contribution in [2.45, 2.75) is 13.8 Å². The van der Waals surface area contributed by atoms with Gasteiger partial charge in [-0.05, 0) is 49.2 Å². The number of hydrogen-bond donors (Lipinski definition) is 1. The molecule has 0 aliphatic rings. The first kappa shape index (κ1) is 24.1. The molecule has 2 aromatic heterocycles. The van der Waals surface area contributed by atoms with Crippen LogP contribution in [0, 0.1) is 6.92 Å². The summed E-state index contributed by atoms with van der Waals surface area (Å²) in [5, 5.41) is 9.71. The van der Waals surface area contributed by atoms with Gasteiger partial charge in [-0.25, -0.2) is 4.79 Å². The minimum absolute atomic E-state index is 0.0148. The number of esters is 1. The summed E-state index contributed by atoms with van der Waals surface area (Å²) in [6, 6.07) is 24.3. The highest BCUT2D eigenvalue weighted by molar-refractivity contribution is 7.16. The number of aryl methyl sites for hydroxylation is 1. The van der Waals surface area contributed by atoms with Crippen molar-refractivity contribution < 1.29 is 14.3 Å². The van der Waals surface area contributed by atoms with E-state index in [4.69, 9.17) is 4.74 Å². The average Bonchev–Trinajstić information content (AvgIpc) is 3.34. The molecule has 1 N–H and O–H groups in total. The molecule has 37 heavy (non-hydrogen) atoms. The van der Waals surface area contributed by atoms with Crippen molar-refractivity contribution in [3.8, 4) is 16.8 Å². The number of carbonyl (C=O) groups is 2. The number of thiophene rings is 1. The number of nitrogens with zero attached hydrogens (tertiary/aromatic N) is 2. The molecule has 3 aromatic carbocycles. The van der Waals surface area contributed by atoms with E-state index in [-0.39, 0.29) is 23.6 Å². The molecule has 0 fully saturated rings. The van der Waals surface area contributed by atoms with Crippen LogP contribution >= 0.6 is 11.3 Å². The third-order valence-electron chi connectivity index (χ3n) is 5.88. The number of aromatic nitrogens is 2. The predicted molar refractivity (Wildman–Crippen MR) is 146 cm³/mol. The number of hydrogen-bond acceptors (Lipinski definition) is 6. The first-order valence-electron chi connectivity index (χ1n) is 11.7. The standard InChI is InChI=1S/C29H23N3O4S/c1-3-36-29(35)25-23-17-37-27(24(23)28(34)32(31-25)22-15-9-18(2)10-16-22)30-26(33)21-13-11-20(12-14-21)19-7-5-4-6-8-19/h4-17H,3H2,1-2H3,(H,30,33). The molecule has 0 saturated heterocycles. The highest BCUT2D eigenvalue weighted by atomic mass is 32.1. The van der Waals surface area contributed by atoms with E-state index >= 15 is 0 Å². The van der Waals surface area contributed by atoms with Crippen LogP contribution in [0.15, 0.2) is 89.0 Å². The van der Waals surface area contributed by atoms with Crippen molar-refractivity contribution in [2.24, 2.45) is 0 Å². The molecular formula is C29H23N3O4S. The summed E-state index contributed by atoms with van der Waals surface area (Å²) in [7, 11) is 0. The maximum absolute atomic E-state index is 13.6. The number of amides is 1. The molecule has 0 saturated carbocycles. The number of carbonyl (C=O) groups excluding carboxylic acids is 2. The van der Waals surface area contributed by atoms with Gasteiger partial charge in [-0.15, -0.1) is 11.3 Å². The molecule has 0 aliphatic heterocycles. The quantitative estimate of drug-likeness (QED) is 0.290. The van der Waals surface area contributed by atoms with Crippen LogP contribution in [0.1, 0.15) is 33.3 Å². The molecule has 0 radical (unpaired) electrons. The Morgan fingerprint density at radius 3 is 2.30 bits per heavy atom. The second-order valence-corrected chi connectivity index (χ2v) is 9.25. The highest BCUT2D eigenvalue weighted by Crippen LogP contribution is 2.31. The third kappa shape index (κ3) is 4.79. The van der Waals surface area contributed by atoms with Crippen LogP contribution < -0.4 is 10.9 Å². The molecule has 0 atom stereocenters. The Morgan fingerprint density at radius 1 is 0.946 bits per heavy atom. The zero-order valence-electron chi connectivity index (χ0n) is 20.2. The number of nitrogens with one attached hydrogen (secondary N) is 1. The van der Waals surface area contributed by atoms with E-state index in [1.54, 1.807) is 36.6 Å². The van der Waals surface area contributed by atoms with Crippen LogP contribution in [0.3, 0.4) is 0 Å². The fourth-order valence-electron chi connectivity index (χ4n) is 3.97. The van der Waals surface area contributed by atoms with E-state index in [9.17, 15) is 14.4 Å². The average molecular weight is 510 g/mol. The molecular weight excluding hydrogens is 486 g/mol. The van der Waals surface area contributed by atoms with Gasteiger partial charge in [-0.3, -0.25) is 9.59 Å². The van der Waals surface area contributed by atoms with Gasteiger partial charge >= 0.3 is 5.97 Å². The number of fused-ring (bicyclic) bond motifs is 1. The lowest BCUT2D eigenvalue weighted by atomic mass is 10.0. The SMILES string of the molecule is CCOC(=O)c1nn(-c2ccc(C)cc2)c(=O)c2c(NC(=O)c3ccc(-c4ccccc4)cc3)scc12. The lowest BCUT2D eigenvalue weighted by molar-refractivity contribution is 0.0520. The van der Waals surface area contributed by atoms with Gasteiger partial charge in [0.25, 0.3) is 11.5 Å². The van der Waals surface area contributed by atoms with E-state index in [1.165, 1.54) is 4.68 Å². The molecule has 0 spiro atoms. The van der Waals surface area contributed by atoms with Gasteiger partial charge in [0.15, 0.2) is 5.69 Å². The van der Waals surface area contributed by atoms with Gasteiger partial charge in [0.2, 0.25) is 0 Å². The summed E-state index contributed by atoms with van der Waals surface area (Å²) in [4.78, 5) is 39.4. The van der Waals surface area contributed by atoms with Crippen molar-refractivity contribution >= 4 is 39.0 Å². The fraction of sp³-hybridized carbons (Fsp3) is 0.103. The van der Waals surface area contributed by atoms with E-state index in [1.807, 2.05) is 61.5 Å². The van der Waals surface area contributed by atoms with Crippen LogP contribution in [0.5, 0.6) is 0 Å². The lowest BCUT2D eigenvalue weighted by Crippen LogP contribution is -2.25. The number of rotatable bonds is 6. The minimum Gasteiger partial charge on any atom is -0.461 e. The summed E-state index contributed by atoms with van der Waals surface area (Å²) in [6.45, 7) is 3.80. The number of benzene rings is 3.